The fraction of sp³-hybridized carbons (Fsp3) is 0.250. The number of benzene rings is 3. The summed E-state index contributed by atoms with van der Waals surface area (Å²) < 4.78 is 133. The Labute approximate surface area is 294 Å². The molecule has 0 saturated heterocycles. The second-order valence-corrected chi connectivity index (χ2v) is 13.6. The minimum Gasteiger partial charge on any atom is -0.422 e. The van der Waals surface area contributed by atoms with Crippen LogP contribution in [0, 0.1) is 41.5 Å². The number of esters is 3. The third-order valence-electron chi connectivity index (χ3n) is 7.36. The lowest BCUT2D eigenvalue weighted by Crippen LogP contribution is -2.24. The number of carbonyl (C=O) groups is 3. The molecule has 0 aromatic heterocycles. The number of ether oxygens (including phenoxy) is 3. The molecule has 0 spiro atoms. The van der Waals surface area contributed by atoms with Crippen LogP contribution in [0.1, 0.15) is 33.4 Å². The van der Waals surface area contributed by atoms with Gasteiger partial charge in [-0.1, -0.05) is 19.7 Å². The topological polar surface area (TPSA) is 78.9 Å². The highest BCUT2D eigenvalue weighted by atomic mass is 32.2. The van der Waals surface area contributed by atoms with Crippen LogP contribution in [0.2, 0.25) is 0 Å². The van der Waals surface area contributed by atoms with E-state index in [2.05, 4.69) is 19.7 Å². The molecule has 0 amide bonds. The summed E-state index contributed by atoms with van der Waals surface area (Å²) in [6, 6.07) is 9.12. The Hall–Kier alpha value is -4.99. The number of hydrogen-bond acceptors (Lipinski definition) is 6. The monoisotopic (exact) mass is 761 g/mol. The molecule has 6 nitrogen and oxygen atoms in total. The number of aryl methyl sites for hydroxylation is 6. The van der Waals surface area contributed by atoms with Gasteiger partial charge in [-0.15, -0.1) is 0 Å². The van der Waals surface area contributed by atoms with Crippen molar-refractivity contribution < 1.29 is 68.1 Å². The number of carbonyl (C=O) groups excluding carboxylic acids is 3. The SMILES string of the molecule is C=C(C(=O)Oc1c(C)cc([S+](c2cc(C)c(OC(=O)C(=C)C(F)(F)F)c(C)c2)c2cc(C)c(OC(=O)C(=C)C(F)(F)F)c(C)c2)cc1C)C(F)(F)F. The molecule has 0 aliphatic rings. The van der Waals surface area contributed by atoms with Crippen LogP contribution < -0.4 is 14.2 Å². The molecule has 3 aromatic carbocycles. The van der Waals surface area contributed by atoms with Gasteiger partial charge in [0, 0.05) is 36.4 Å². The molecule has 0 heterocycles. The molecule has 16 heteroatoms. The van der Waals surface area contributed by atoms with Crippen molar-refractivity contribution in [2.45, 2.75) is 74.8 Å². The van der Waals surface area contributed by atoms with Gasteiger partial charge in [-0.2, -0.15) is 39.5 Å². The molecule has 3 aromatic rings. The van der Waals surface area contributed by atoms with E-state index < -0.39 is 64.1 Å². The van der Waals surface area contributed by atoms with Crippen molar-refractivity contribution in [3.05, 3.63) is 106 Å². The van der Waals surface area contributed by atoms with Crippen LogP contribution in [0.15, 0.2) is 87.5 Å². The van der Waals surface area contributed by atoms with Gasteiger partial charge in [0.15, 0.2) is 14.7 Å². The predicted octanol–water partition coefficient (Wildman–Crippen LogP) is 9.70. The summed E-state index contributed by atoms with van der Waals surface area (Å²) in [6.07, 6.45) is -15.1. The largest absolute Gasteiger partial charge is 0.422 e. The van der Waals surface area contributed by atoms with Crippen molar-refractivity contribution in [2.75, 3.05) is 0 Å². The van der Waals surface area contributed by atoms with Crippen molar-refractivity contribution in [2.24, 2.45) is 0 Å². The maximum absolute atomic E-state index is 13.1. The van der Waals surface area contributed by atoms with Gasteiger partial charge in [-0.3, -0.25) is 0 Å². The Morgan fingerprint density at radius 1 is 0.442 bits per heavy atom. The fourth-order valence-electron chi connectivity index (χ4n) is 4.79. The van der Waals surface area contributed by atoms with E-state index in [1.807, 2.05) is 0 Å². The summed E-state index contributed by atoms with van der Waals surface area (Å²) in [5, 5.41) is 0. The second kappa shape index (κ2) is 14.9. The van der Waals surface area contributed by atoms with Crippen LogP contribution in [-0.4, -0.2) is 36.4 Å². The van der Waals surface area contributed by atoms with Crippen molar-refractivity contribution in [1.82, 2.24) is 0 Å². The Kier molecular flexibility index (Phi) is 11.9. The molecule has 3 rings (SSSR count). The molecule has 52 heavy (non-hydrogen) atoms. The Bertz CT molecular complexity index is 1710. The molecular formula is C36H30F9O6S+. The lowest BCUT2D eigenvalue weighted by Gasteiger charge is -2.18. The second-order valence-electron chi connectivity index (χ2n) is 11.6. The zero-order valence-electron chi connectivity index (χ0n) is 28.3. The fourth-order valence-corrected chi connectivity index (χ4v) is 7.37. The van der Waals surface area contributed by atoms with Crippen LogP contribution in [0.4, 0.5) is 39.5 Å². The summed E-state index contributed by atoms with van der Waals surface area (Å²) in [4.78, 5) is 38.2. The van der Waals surface area contributed by atoms with Crippen molar-refractivity contribution in [1.29, 1.82) is 0 Å². The Balaban J connectivity index is 2.23. The van der Waals surface area contributed by atoms with Crippen molar-refractivity contribution in [3.8, 4) is 17.2 Å². The first kappa shape index (κ1) is 41.4. The highest BCUT2D eigenvalue weighted by Gasteiger charge is 2.41. The molecule has 0 aliphatic carbocycles. The third-order valence-corrected chi connectivity index (χ3v) is 9.48. The van der Waals surface area contributed by atoms with E-state index in [1.54, 1.807) is 0 Å². The average molecular weight is 762 g/mol. The van der Waals surface area contributed by atoms with E-state index >= 15 is 0 Å². The summed E-state index contributed by atoms with van der Waals surface area (Å²) in [5.74, 6) is -5.70. The van der Waals surface area contributed by atoms with Gasteiger partial charge in [0.25, 0.3) is 0 Å². The predicted molar refractivity (Wildman–Crippen MR) is 172 cm³/mol. The van der Waals surface area contributed by atoms with Gasteiger partial charge in [0.1, 0.15) is 34.0 Å². The zero-order valence-corrected chi connectivity index (χ0v) is 29.2. The van der Waals surface area contributed by atoms with Crippen LogP contribution in [0.3, 0.4) is 0 Å². The number of alkyl halides is 9. The molecule has 0 aliphatic heterocycles. The van der Waals surface area contributed by atoms with Gasteiger partial charge in [0.05, 0.1) is 10.9 Å². The molecular weight excluding hydrogens is 731 g/mol. The molecule has 0 saturated carbocycles. The molecule has 0 radical (unpaired) electrons. The summed E-state index contributed by atoms with van der Waals surface area (Å²) in [7, 11) is -1.22. The molecule has 0 N–H and O–H groups in total. The minimum atomic E-state index is -5.04. The van der Waals surface area contributed by atoms with E-state index in [0.29, 0.717) is 14.7 Å². The quantitative estimate of drug-likeness (QED) is 0.0711. The number of rotatable bonds is 9. The summed E-state index contributed by atoms with van der Waals surface area (Å²) >= 11 is 0. The van der Waals surface area contributed by atoms with Crippen LogP contribution in [-0.2, 0) is 25.3 Å². The first-order valence-corrected chi connectivity index (χ1v) is 15.9. The first-order valence-electron chi connectivity index (χ1n) is 14.7. The minimum absolute atomic E-state index is 0.179. The normalized spacial score (nSPS) is 12.0. The van der Waals surface area contributed by atoms with Gasteiger partial charge in [-0.05, 0) is 74.9 Å². The first-order chi connectivity index (χ1) is 23.6. The highest BCUT2D eigenvalue weighted by Crippen LogP contribution is 2.41. The molecule has 278 valence electrons. The zero-order chi connectivity index (χ0) is 39.8. The van der Waals surface area contributed by atoms with E-state index in [4.69, 9.17) is 14.2 Å². The van der Waals surface area contributed by atoms with Crippen LogP contribution in [0.25, 0.3) is 0 Å². The summed E-state index contributed by atoms with van der Waals surface area (Å²) in [6.45, 7) is 17.1. The van der Waals surface area contributed by atoms with E-state index in [-0.39, 0.29) is 50.6 Å². The van der Waals surface area contributed by atoms with Crippen molar-refractivity contribution in [3.63, 3.8) is 0 Å². The van der Waals surface area contributed by atoms with Gasteiger partial charge in [0.2, 0.25) is 0 Å². The lowest BCUT2D eigenvalue weighted by atomic mass is 10.1. The maximum Gasteiger partial charge on any atom is 0.422 e. The standard InChI is InChI=1S/C36H30F9O6S/c1-16-10-25(11-17(2)28(16)49-31(46)22(7)34(37,38)39)52(26-12-18(3)29(19(4)13-26)50-32(47)23(8)35(40,41)42)27-14-20(5)30(21(6)15-27)51-33(48)24(9)36(43,44)45/h10-15H,7-9H2,1-6H3/q+1. The average Bonchev–Trinajstić information content (AvgIpc) is 2.99. The molecule has 0 atom stereocenters. The van der Waals surface area contributed by atoms with Gasteiger partial charge in [-0.25, -0.2) is 14.4 Å². The van der Waals surface area contributed by atoms with E-state index in [0.717, 1.165) is 0 Å². The maximum atomic E-state index is 13.1. The molecule has 0 unspecified atom stereocenters. The smallest absolute Gasteiger partial charge is 0.422 e. The van der Waals surface area contributed by atoms with E-state index in [9.17, 15) is 53.9 Å². The Morgan fingerprint density at radius 2 is 0.615 bits per heavy atom. The number of hydrogen-bond donors (Lipinski definition) is 0. The van der Waals surface area contributed by atoms with Crippen LogP contribution >= 0.6 is 0 Å². The van der Waals surface area contributed by atoms with Gasteiger partial charge < -0.3 is 14.2 Å². The molecule has 0 bridgehead atoms. The lowest BCUT2D eigenvalue weighted by molar-refractivity contribution is -0.143. The Morgan fingerprint density at radius 3 is 0.769 bits per heavy atom. The third kappa shape index (κ3) is 9.26. The molecule has 0 fully saturated rings. The van der Waals surface area contributed by atoms with Crippen molar-refractivity contribution >= 4 is 28.8 Å². The van der Waals surface area contributed by atoms with Gasteiger partial charge >= 0.3 is 36.4 Å². The highest BCUT2D eigenvalue weighted by molar-refractivity contribution is 7.97. The summed E-state index contributed by atoms with van der Waals surface area (Å²) in [5.41, 5.74) is -3.83. The number of halogens is 9. The van der Waals surface area contributed by atoms with Crippen LogP contribution in [0.5, 0.6) is 17.2 Å². The van der Waals surface area contributed by atoms with E-state index in [1.165, 1.54) is 77.9 Å².